The molecule has 2 amide bonds. The molecule has 1 aliphatic heterocycles. The molecule has 0 bridgehead atoms. The van der Waals surface area contributed by atoms with E-state index in [4.69, 9.17) is 4.99 Å². The van der Waals surface area contributed by atoms with Crippen LogP contribution in [-0.2, 0) is 9.59 Å². The number of anilines is 1. The number of benzene rings is 2. The highest BCUT2D eigenvalue weighted by molar-refractivity contribution is 7.98. The number of halogens is 2. The van der Waals surface area contributed by atoms with Crippen LogP contribution in [-0.4, -0.2) is 70.0 Å². The van der Waals surface area contributed by atoms with Gasteiger partial charge >= 0.3 is 0 Å². The molecule has 2 heterocycles. The second kappa shape index (κ2) is 13.9. The maximum atomic E-state index is 15.8. The first-order valence-electron chi connectivity index (χ1n) is 13.4. The number of carbonyl (C=O) groups is 2. The van der Waals surface area contributed by atoms with Crippen molar-refractivity contribution in [1.82, 2.24) is 14.8 Å². The maximum absolute atomic E-state index is 15.8. The highest BCUT2D eigenvalue weighted by atomic mass is 32.2. The van der Waals surface area contributed by atoms with Gasteiger partial charge in [-0.3, -0.25) is 9.59 Å². The Bertz CT molecular complexity index is 1600. The van der Waals surface area contributed by atoms with Crippen LogP contribution >= 0.6 is 11.8 Å². The lowest BCUT2D eigenvalue weighted by molar-refractivity contribution is -0.130. The number of hydrogen-bond acceptors (Lipinski definition) is 7. The van der Waals surface area contributed by atoms with Crippen LogP contribution in [0.1, 0.15) is 24.0 Å². The van der Waals surface area contributed by atoms with Crippen molar-refractivity contribution in [3.8, 4) is 23.1 Å². The van der Waals surface area contributed by atoms with Crippen LogP contribution in [0.15, 0.2) is 65.0 Å². The molecule has 0 aliphatic carbocycles. The van der Waals surface area contributed by atoms with E-state index in [2.05, 4.69) is 22.9 Å². The summed E-state index contributed by atoms with van der Waals surface area (Å²) in [5.41, 5.74) is 0.642. The van der Waals surface area contributed by atoms with Gasteiger partial charge in [0.05, 0.1) is 28.9 Å². The number of pyridine rings is 1. The van der Waals surface area contributed by atoms with Gasteiger partial charge in [0.15, 0.2) is 5.82 Å². The number of thioether (sulfide) groups is 1. The fraction of sp³-hybridized carbons (Fsp3) is 0.258. The molecule has 1 unspecified atom stereocenters. The Morgan fingerprint density at radius 1 is 1.28 bits per heavy atom. The van der Waals surface area contributed by atoms with Gasteiger partial charge in [-0.25, -0.2) is 18.8 Å². The molecule has 9 nitrogen and oxygen atoms in total. The minimum absolute atomic E-state index is 0.106. The third-order valence-corrected chi connectivity index (χ3v) is 7.88. The number of nitriles is 1. The summed E-state index contributed by atoms with van der Waals surface area (Å²) >= 11 is 1.48. The smallest absolute Gasteiger partial charge is 0.246 e. The molecule has 3 aromatic rings. The van der Waals surface area contributed by atoms with Crippen LogP contribution < -0.4 is 5.32 Å². The number of aliphatic imine (C=N–C) groups is 1. The summed E-state index contributed by atoms with van der Waals surface area (Å²) < 4.78 is 30.6. The average molecular weight is 605 g/mol. The molecule has 1 aromatic heterocycles. The second-order valence-corrected chi connectivity index (χ2v) is 10.6. The van der Waals surface area contributed by atoms with Crippen LogP contribution in [0.25, 0.3) is 11.3 Å². The number of amides is 2. The van der Waals surface area contributed by atoms with Crippen LogP contribution in [0, 0.1) is 29.9 Å². The van der Waals surface area contributed by atoms with Crippen molar-refractivity contribution in [2.24, 2.45) is 4.99 Å². The Balaban J connectivity index is 1.94. The number of aryl methyl sites for hydroxylation is 1. The van der Waals surface area contributed by atoms with Gasteiger partial charge in [0.1, 0.15) is 28.9 Å². The molecule has 43 heavy (non-hydrogen) atoms. The van der Waals surface area contributed by atoms with Crippen molar-refractivity contribution in [3.05, 3.63) is 77.9 Å². The van der Waals surface area contributed by atoms with E-state index in [1.54, 1.807) is 4.90 Å². The first-order chi connectivity index (χ1) is 20.7. The van der Waals surface area contributed by atoms with Gasteiger partial charge in [-0.2, -0.15) is 5.26 Å². The number of hydrogen-bond donors (Lipinski definition) is 2. The first-order valence-corrected chi connectivity index (χ1v) is 14.6. The molecule has 0 spiro atoms. The number of aromatic nitrogens is 1. The van der Waals surface area contributed by atoms with Crippen molar-refractivity contribution in [2.45, 2.75) is 30.7 Å². The van der Waals surface area contributed by atoms with Crippen molar-refractivity contribution < 1.29 is 23.5 Å². The zero-order chi connectivity index (χ0) is 31.1. The Morgan fingerprint density at radius 2 is 2.05 bits per heavy atom. The predicted octanol–water partition coefficient (Wildman–Crippen LogP) is 5.41. The third kappa shape index (κ3) is 6.67. The summed E-state index contributed by atoms with van der Waals surface area (Å²) in [5, 5.41) is 22.1. The van der Waals surface area contributed by atoms with E-state index in [-0.39, 0.29) is 48.7 Å². The van der Waals surface area contributed by atoms with Crippen LogP contribution in [0.5, 0.6) is 5.75 Å². The molecule has 1 fully saturated rings. The molecule has 0 radical (unpaired) electrons. The van der Waals surface area contributed by atoms with Crippen LogP contribution in [0.4, 0.5) is 20.3 Å². The minimum Gasteiger partial charge on any atom is -0.507 e. The van der Waals surface area contributed by atoms with Crippen LogP contribution in [0.3, 0.4) is 0 Å². The largest absolute Gasteiger partial charge is 0.507 e. The van der Waals surface area contributed by atoms with E-state index in [0.717, 1.165) is 22.6 Å². The fourth-order valence-corrected chi connectivity index (χ4v) is 5.64. The third-order valence-electron chi connectivity index (χ3n) is 7.11. The molecule has 2 aromatic carbocycles. The molecule has 4 rings (SSSR count). The highest BCUT2D eigenvalue weighted by Crippen LogP contribution is 2.36. The predicted molar refractivity (Wildman–Crippen MR) is 162 cm³/mol. The zero-order valence-electron chi connectivity index (χ0n) is 23.7. The first kappa shape index (κ1) is 31.2. The van der Waals surface area contributed by atoms with E-state index >= 15 is 4.39 Å². The molecule has 2 N–H and O–H groups in total. The molecule has 12 heteroatoms. The van der Waals surface area contributed by atoms with Gasteiger partial charge in [0.25, 0.3) is 0 Å². The number of nitrogens with one attached hydrogen (secondary N) is 1. The van der Waals surface area contributed by atoms with Gasteiger partial charge < -0.3 is 20.2 Å². The lowest BCUT2D eigenvalue weighted by atomic mass is 10.0. The lowest BCUT2D eigenvalue weighted by Gasteiger charge is -2.42. The lowest BCUT2D eigenvalue weighted by Crippen LogP contribution is -2.56. The number of aromatic hydroxyl groups is 1. The molecular weight excluding hydrogens is 574 g/mol. The fourth-order valence-electron chi connectivity index (χ4n) is 5.03. The van der Waals surface area contributed by atoms with Crippen molar-refractivity contribution in [1.29, 1.82) is 5.26 Å². The highest BCUT2D eigenvalue weighted by Gasteiger charge is 2.33. The summed E-state index contributed by atoms with van der Waals surface area (Å²) in [7, 11) is 0. The van der Waals surface area contributed by atoms with Crippen LogP contribution in [0.2, 0.25) is 0 Å². The molecule has 1 saturated heterocycles. The number of piperazine rings is 1. The van der Waals surface area contributed by atoms with Gasteiger partial charge in [-0.1, -0.05) is 24.8 Å². The minimum atomic E-state index is -0.948. The summed E-state index contributed by atoms with van der Waals surface area (Å²) in [6.45, 7) is 6.30. The number of rotatable bonds is 9. The quantitative estimate of drug-likeness (QED) is 0.110. The summed E-state index contributed by atoms with van der Waals surface area (Å²) in [6.07, 6.45) is 4.09. The summed E-state index contributed by atoms with van der Waals surface area (Å²) in [4.78, 5) is 38.0. The number of amidine groups is 1. The monoisotopic (exact) mass is 604 g/mol. The maximum Gasteiger partial charge on any atom is 0.246 e. The van der Waals surface area contributed by atoms with Gasteiger partial charge in [-0.15, -0.1) is 11.8 Å². The van der Waals surface area contributed by atoms with Crippen molar-refractivity contribution >= 4 is 41.4 Å². The van der Waals surface area contributed by atoms with Gasteiger partial charge in [-0.05, 0) is 55.5 Å². The molecule has 1 atom stereocenters. The number of nitrogens with zero attached hydrogens (tertiary/aromatic N) is 5. The standard InChI is InChI=1S/C31H30F2N6O3S/c1-4-26(42)39-15-14-38(17-20(39)9-7-13-34)31(37-28-19(2)8-5-12-25(28)43-3)21-16-23(33)29(36-30(21)35-18-40)27-22(32)10-6-11-24(27)41/h4-6,8,10-12,16,18,20,41H,1,7,9,14-15,17H2,2-3H3,(H,35,36,40)/b37-31+. The molecular formula is C31H30F2N6O3S. The SMILES string of the molecule is C=CC(=O)N1CCN(/C(=N/c2c(C)cccc2SC)c2cc(F)c(-c3c(O)cccc3F)nc2NC=O)CC1CCC#N. The van der Waals surface area contributed by atoms with E-state index < -0.39 is 28.6 Å². The Kier molecular flexibility index (Phi) is 10.1. The Morgan fingerprint density at radius 3 is 2.72 bits per heavy atom. The normalized spacial score (nSPS) is 15.1. The molecule has 0 saturated carbocycles. The van der Waals surface area contributed by atoms with Gasteiger partial charge in [0, 0.05) is 31.0 Å². The number of carbonyl (C=O) groups excluding carboxylic acids is 2. The van der Waals surface area contributed by atoms with E-state index in [9.17, 15) is 24.3 Å². The Hall–Kier alpha value is -4.76. The number of phenolic OH excluding ortho intramolecular Hbond substituents is 1. The molecule has 1 aliphatic rings. The van der Waals surface area contributed by atoms with E-state index in [0.29, 0.717) is 25.1 Å². The summed E-state index contributed by atoms with van der Waals surface area (Å²) in [5.74, 6) is -2.47. The molecule has 222 valence electrons. The van der Waals surface area contributed by atoms with Crippen molar-refractivity contribution in [3.63, 3.8) is 0 Å². The number of para-hydroxylation sites is 1. The Labute approximate surface area is 252 Å². The van der Waals surface area contributed by atoms with Gasteiger partial charge in [0.2, 0.25) is 12.3 Å². The second-order valence-electron chi connectivity index (χ2n) is 9.70. The average Bonchev–Trinajstić information content (AvgIpc) is 3.00. The van der Waals surface area contributed by atoms with E-state index in [1.807, 2.05) is 36.3 Å². The van der Waals surface area contributed by atoms with E-state index in [1.165, 1.54) is 30.0 Å². The zero-order valence-corrected chi connectivity index (χ0v) is 24.5. The topological polar surface area (TPSA) is 122 Å². The number of phenols is 1. The summed E-state index contributed by atoms with van der Waals surface area (Å²) in [6, 6.07) is 12.1. The van der Waals surface area contributed by atoms with Crippen molar-refractivity contribution in [2.75, 3.05) is 31.2 Å².